The molecule has 2 heterocycles. The van der Waals surface area contributed by atoms with Gasteiger partial charge in [-0.2, -0.15) is 0 Å². The fraction of sp³-hybridized carbons (Fsp3) is 0.250. The zero-order valence-electron chi connectivity index (χ0n) is 14.6. The highest BCUT2D eigenvalue weighted by Crippen LogP contribution is 2.25. The summed E-state index contributed by atoms with van der Waals surface area (Å²) >= 11 is 2.90. The number of thioether (sulfide) groups is 1. The summed E-state index contributed by atoms with van der Waals surface area (Å²) in [6.45, 7) is 2.35. The van der Waals surface area contributed by atoms with Crippen molar-refractivity contribution in [2.45, 2.75) is 23.9 Å². The van der Waals surface area contributed by atoms with Crippen LogP contribution in [0, 0.1) is 0 Å². The zero-order chi connectivity index (χ0) is 19.4. The highest BCUT2D eigenvalue weighted by molar-refractivity contribution is 8.00. The second-order valence-electron chi connectivity index (χ2n) is 5.77. The number of ketones is 1. The largest absolute Gasteiger partial charge is 0.293 e. The Labute approximate surface area is 165 Å². The maximum Gasteiger partial charge on any atom is 0.229 e. The summed E-state index contributed by atoms with van der Waals surface area (Å²) in [5.41, 5.74) is 0.903. The Hall–Kier alpha value is -2.24. The molecule has 0 amide bonds. The van der Waals surface area contributed by atoms with Crippen molar-refractivity contribution in [3.63, 3.8) is 0 Å². The average Bonchev–Trinajstić information content (AvgIpc) is 3.26. The van der Waals surface area contributed by atoms with Crippen molar-refractivity contribution >= 4 is 44.6 Å². The molecule has 142 valence electrons. The Morgan fingerprint density at radius 2 is 2.04 bits per heavy atom. The van der Waals surface area contributed by atoms with Crippen LogP contribution in [0.15, 0.2) is 46.9 Å². The van der Waals surface area contributed by atoms with Crippen LogP contribution in [0.25, 0.3) is 0 Å². The third-order valence-corrected chi connectivity index (χ3v) is 6.05. The van der Waals surface area contributed by atoms with Crippen LogP contribution in [-0.4, -0.2) is 45.9 Å². The summed E-state index contributed by atoms with van der Waals surface area (Å²) in [7, 11) is -3.35. The molecule has 1 atom stereocenters. The number of carbonyl (C=O) groups excluding carboxylic acids is 1. The topological polar surface area (TPSA) is 107 Å². The number of tetrazole rings is 1. The molecule has 0 saturated carbocycles. The fourth-order valence-corrected chi connectivity index (χ4v) is 4.41. The first kappa shape index (κ1) is 19.5. The number of sulfonamides is 1. The smallest absolute Gasteiger partial charge is 0.229 e. The van der Waals surface area contributed by atoms with Crippen LogP contribution in [0.4, 0.5) is 5.69 Å². The number of nitrogens with zero attached hydrogens (tertiary/aromatic N) is 4. The Bertz CT molecular complexity index is 1010. The lowest BCUT2D eigenvalue weighted by atomic mass is 10.1. The number of hydrogen-bond donors (Lipinski definition) is 1. The Kier molecular flexibility index (Phi) is 5.92. The number of benzene rings is 1. The molecule has 2 aromatic heterocycles. The number of anilines is 1. The number of rotatable bonds is 8. The molecule has 1 aromatic carbocycles. The molecule has 0 radical (unpaired) electrons. The first-order valence-corrected chi connectivity index (χ1v) is 11.5. The molecule has 0 bridgehead atoms. The summed E-state index contributed by atoms with van der Waals surface area (Å²) in [5, 5.41) is 13.9. The molecule has 0 aliphatic rings. The van der Waals surface area contributed by atoms with E-state index >= 15 is 0 Å². The van der Waals surface area contributed by atoms with Gasteiger partial charge in [-0.3, -0.25) is 9.52 Å². The SMILES string of the molecule is CC(Sc1nnnn1Cc1cccs1)C(=O)c1ccc(NS(C)(=O)=O)cc1. The van der Waals surface area contributed by atoms with Gasteiger partial charge >= 0.3 is 0 Å². The molecule has 27 heavy (non-hydrogen) atoms. The molecule has 3 aromatic rings. The van der Waals surface area contributed by atoms with E-state index < -0.39 is 15.3 Å². The fourth-order valence-electron chi connectivity index (χ4n) is 2.29. The van der Waals surface area contributed by atoms with Gasteiger partial charge in [0.05, 0.1) is 18.1 Å². The zero-order valence-corrected chi connectivity index (χ0v) is 17.0. The predicted octanol–water partition coefficient (Wildman–Crippen LogP) is 2.52. The second kappa shape index (κ2) is 8.19. The van der Waals surface area contributed by atoms with Gasteiger partial charge in [-0.25, -0.2) is 13.1 Å². The van der Waals surface area contributed by atoms with Gasteiger partial charge in [0.2, 0.25) is 15.2 Å². The lowest BCUT2D eigenvalue weighted by molar-refractivity contribution is 0.0994. The quantitative estimate of drug-likeness (QED) is 0.438. The van der Waals surface area contributed by atoms with E-state index in [1.807, 2.05) is 17.5 Å². The van der Waals surface area contributed by atoms with Gasteiger partial charge in [0.1, 0.15) is 0 Å². The normalized spacial score (nSPS) is 12.7. The van der Waals surface area contributed by atoms with E-state index in [9.17, 15) is 13.2 Å². The van der Waals surface area contributed by atoms with Gasteiger partial charge in [0, 0.05) is 16.1 Å². The van der Waals surface area contributed by atoms with Crippen molar-refractivity contribution in [1.82, 2.24) is 20.2 Å². The van der Waals surface area contributed by atoms with E-state index in [-0.39, 0.29) is 5.78 Å². The Morgan fingerprint density at radius 3 is 2.67 bits per heavy atom. The van der Waals surface area contributed by atoms with E-state index in [2.05, 4.69) is 20.2 Å². The van der Waals surface area contributed by atoms with Crippen LogP contribution in [0.1, 0.15) is 22.2 Å². The number of aromatic nitrogens is 4. The van der Waals surface area contributed by atoms with Gasteiger partial charge in [-0.05, 0) is 53.1 Å². The lowest BCUT2D eigenvalue weighted by Gasteiger charge is -2.11. The number of Topliss-reactive ketones (excluding diaryl/α,β-unsaturated/α-hetero) is 1. The van der Waals surface area contributed by atoms with Crippen LogP contribution < -0.4 is 4.72 Å². The van der Waals surface area contributed by atoms with Crippen LogP contribution >= 0.6 is 23.1 Å². The predicted molar refractivity (Wildman–Crippen MR) is 106 cm³/mol. The number of nitrogens with one attached hydrogen (secondary N) is 1. The summed E-state index contributed by atoms with van der Waals surface area (Å²) < 4.78 is 26.5. The monoisotopic (exact) mass is 423 g/mol. The summed E-state index contributed by atoms with van der Waals surface area (Å²) in [6.07, 6.45) is 1.07. The molecular weight excluding hydrogens is 406 g/mol. The van der Waals surface area contributed by atoms with E-state index in [1.165, 1.54) is 11.8 Å². The third-order valence-electron chi connectivity index (χ3n) is 3.51. The van der Waals surface area contributed by atoms with Crippen molar-refractivity contribution in [3.8, 4) is 0 Å². The molecule has 8 nitrogen and oxygen atoms in total. The highest BCUT2D eigenvalue weighted by Gasteiger charge is 2.20. The first-order chi connectivity index (χ1) is 12.8. The van der Waals surface area contributed by atoms with Gasteiger partial charge in [-0.1, -0.05) is 17.8 Å². The second-order valence-corrected chi connectivity index (χ2v) is 9.86. The van der Waals surface area contributed by atoms with Crippen molar-refractivity contribution in [2.75, 3.05) is 11.0 Å². The molecule has 1 unspecified atom stereocenters. The maximum atomic E-state index is 12.7. The van der Waals surface area contributed by atoms with E-state index in [4.69, 9.17) is 0 Å². The van der Waals surface area contributed by atoms with E-state index in [1.54, 1.807) is 47.2 Å². The molecule has 0 spiro atoms. The third kappa shape index (κ3) is 5.37. The van der Waals surface area contributed by atoms with E-state index in [0.717, 1.165) is 11.1 Å². The standard InChI is InChI=1S/C16H17N5O3S3/c1-11(15(22)12-5-7-13(8-6-12)18-27(2,23)24)26-16-17-19-20-21(16)10-14-4-3-9-25-14/h3-9,11,18H,10H2,1-2H3. The van der Waals surface area contributed by atoms with Crippen LogP contribution in [0.3, 0.4) is 0 Å². The summed E-state index contributed by atoms with van der Waals surface area (Å²) in [4.78, 5) is 13.8. The van der Waals surface area contributed by atoms with Crippen molar-refractivity contribution in [3.05, 3.63) is 52.2 Å². The molecule has 11 heteroatoms. The summed E-state index contributed by atoms with van der Waals surface area (Å²) in [6, 6.07) is 10.3. The summed E-state index contributed by atoms with van der Waals surface area (Å²) in [5.74, 6) is -0.0865. The van der Waals surface area contributed by atoms with Crippen molar-refractivity contribution in [2.24, 2.45) is 0 Å². The number of thiophene rings is 1. The van der Waals surface area contributed by atoms with Crippen LogP contribution in [-0.2, 0) is 16.6 Å². The minimum Gasteiger partial charge on any atom is -0.293 e. The van der Waals surface area contributed by atoms with Gasteiger partial charge in [0.25, 0.3) is 0 Å². The minimum absolute atomic E-state index is 0.0865. The highest BCUT2D eigenvalue weighted by atomic mass is 32.2. The molecule has 1 N–H and O–H groups in total. The average molecular weight is 424 g/mol. The molecule has 0 fully saturated rings. The number of hydrogen-bond acceptors (Lipinski definition) is 8. The van der Waals surface area contributed by atoms with Crippen molar-refractivity contribution in [1.29, 1.82) is 0 Å². The van der Waals surface area contributed by atoms with Gasteiger partial charge in [0.15, 0.2) is 5.78 Å². The Morgan fingerprint density at radius 1 is 1.30 bits per heavy atom. The molecule has 0 aliphatic heterocycles. The number of carbonyl (C=O) groups is 1. The van der Waals surface area contributed by atoms with E-state index in [0.29, 0.717) is 23.0 Å². The van der Waals surface area contributed by atoms with Crippen LogP contribution in [0.5, 0.6) is 0 Å². The minimum atomic E-state index is -3.35. The van der Waals surface area contributed by atoms with Crippen molar-refractivity contribution < 1.29 is 13.2 Å². The lowest BCUT2D eigenvalue weighted by Crippen LogP contribution is -2.15. The van der Waals surface area contributed by atoms with Gasteiger partial charge < -0.3 is 0 Å². The maximum absolute atomic E-state index is 12.7. The van der Waals surface area contributed by atoms with Crippen LogP contribution in [0.2, 0.25) is 0 Å². The van der Waals surface area contributed by atoms with Gasteiger partial charge in [-0.15, -0.1) is 16.4 Å². The molecule has 0 aliphatic carbocycles. The Balaban J connectivity index is 1.67. The molecular formula is C16H17N5O3S3. The first-order valence-electron chi connectivity index (χ1n) is 7.89. The molecule has 3 rings (SSSR count). The molecule has 0 saturated heterocycles.